The number of carboxylic acids is 1. The molecule has 0 aromatic carbocycles. The molecule has 0 atom stereocenters. The van der Waals surface area contributed by atoms with Gasteiger partial charge in [0.25, 0.3) is 0 Å². The summed E-state index contributed by atoms with van der Waals surface area (Å²) in [7, 11) is 0. The number of aryl methyl sites for hydroxylation is 1. The van der Waals surface area contributed by atoms with Crippen LogP contribution in [0.4, 0.5) is 5.95 Å². The zero-order chi connectivity index (χ0) is 13.1. The zero-order valence-corrected chi connectivity index (χ0v) is 10.9. The van der Waals surface area contributed by atoms with Gasteiger partial charge in [-0.2, -0.15) is 0 Å². The van der Waals surface area contributed by atoms with Crippen molar-refractivity contribution in [3.05, 3.63) is 17.5 Å². The number of aromatic nitrogens is 2. The SMILES string of the molecule is CCN(CC1CCC1)c1ncc(C(=O)O)c(C)n1. The van der Waals surface area contributed by atoms with Crippen LogP contribution in [0.3, 0.4) is 0 Å². The molecule has 0 unspecified atom stereocenters. The highest BCUT2D eigenvalue weighted by molar-refractivity contribution is 5.88. The molecule has 1 aromatic rings. The first-order chi connectivity index (χ1) is 8.61. The standard InChI is InChI=1S/C13H19N3O2/c1-3-16(8-10-5-4-6-10)13-14-7-11(12(17)18)9(2)15-13/h7,10H,3-6,8H2,1-2H3,(H,17,18). The Hall–Kier alpha value is -1.65. The Balaban J connectivity index is 2.14. The van der Waals surface area contributed by atoms with Gasteiger partial charge in [0.15, 0.2) is 0 Å². The van der Waals surface area contributed by atoms with E-state index in [1.54, 1.807) is 6.92 Å². The van der Waals surface area contributed by atoms with E-state index in [-0.39, 0.29) is 5.56 Å². The molecule has 0 saturated heterocycles. The van der Waals surface area contributed by atoms with E-state index in [9.17, 15) is 4.79 Å². The molecule has 5 nitrogen and oxygen atoms in total. The van der Waals surface area contributed by atoms with Crippen molar-refractivity contribution >= 4 is 11.9 Å². The predicted octanol–water partition coefficient (Wildman–Crippen LogP) is 2.11. The first kappa shape index (κ1) is 12.8. The highest BCUT2D eigenvalue weighted by Crippen LogP contribution is 2.28. The van der Waals surface area contributed by atoms with Crippen LogP contribution in [-0.2, 0) is 0 Å². The van der Waals surface area contributed by atoms with Crippen LogP contribution in [-0.4, -0.2) is 34.1 Å². The average molecular weight is 249 g/mol. The van der Waals surface area contributed by atoms with Gasteiger partial charge in [0, 0.05) is 19.3 Å². The molecule has 0 bridgehead atoms. The van der Waals surface area contributed by atoms with E-state index >= 15 is 0 Å². The van der Waals surface area contributed by atoms with E-state index in [1.807, 2.05) is 0 Å². The Kier molecular flexibility index (Phi) is 3.79. The lowest BCUT2D eigenvalue weighted by Crippen LogP contribution is -2.33. The summed E-state index contributed by atoms with van der Waals surface area (Å²) in [5, 5.41) is 8.95. The summed E-state index contributed by atoms with van der Waals surface area (Å²) in [5.74, 6) is 0.418. The van der Waals surface area contributed by atoms with Crippen molar-refractivity contribution < 1.29 is 9.90 Å². The van der Waals surface area contributed by atoms with Crippen LogP contribution in [0.25, 0.3) is 0 Å². The van der Waals surface area contributed by atoms with E-state index in [2.05, 4.69) is 21.8 Å². The molecule has 5 heteroatoms. The van der Waals surface area contributed by atoms with Crippen molar-refractivity contribution in [3.63, 3.8) is 0 Å². The molecule has 0 radical (unpaired) electrons. The zero-order valence-electron chi connectivity index (χ0n) is 10.9. The Morgan fingerprint density at radius 3 is 2.72 bits per heavy atom. The van der Waals surface area contributed by atoms with E-state index in [1.165, 1.54) is 25.5 Å². The van der Waals surface area contributed by atoms with Crippen LogP contribution in [0.15, 0.2) is 6.20 Å². The third kappa shape index (κ3) is 2.60. The maximum absolute atomic E-state index is 10.9. The largest absolute Gasteiger partial charge is 0.478 e. The maximum atomic E-state index is 10.9. The molecule has 98 valence electrons. The maximum Gasteiger partial charge on any atom is 0.339 e. The van der Waals surface area contributed by atoms with Gasteiger partial charge in [0.1, 0.15) is 0 Å². The summed E-state index contributed by atoms with van der Waals surface area (Å²) in [6.07, 6.45) is 5.29. The Labute approximate surface area is 107 Å². The normalized spacial score (nSPS) is 15.2. The van der Waals surface area contributed by atoms with Crippen LogP contribution in [0.1, 0.15) is 42.2 Å². The molecule has 1 saturated carbocycles. The number of hydrogen-bond donors (Lipinski definition) is 1. The molecule has 1 heterocycles. The second-order valence-electron chi connectivity index (χ2n) is 4.81. The van der Waals surface area contributed by atoms with Gasteiger partial charge in [-0.3, -0.25) is 0 Å². The van der Waals surface area contributed by atoms with Crippen molar-refractivity contribution in [2.75, 3.05) is 18.0 Å². The molecular formula is C13H19N3O2. The number of aromatic carboxylic acids is 1. The highest BCUT2D eigenvalue weighted by atomic mass is 16.4. The molecule has 1 aliphatic rings. The molecule has 1 fully saturated rings. The number of rotatable bonds is 5. The topological polar surface area (TPSA) is 66.3 Å². The Morgan fingerprint density at radius 2 is 2.28 bits per heavy atom. The van der Waals surface area contributed by atoms with Crippen LogP contribution < -0.4 is 4.90 Å². The van der Waals surface area contributed by atoms with E-state index in [0.29, 0.717) is 11.6 Å². The predicted molar refractivity (Wildman–Crippen MR) is 69.0 cm³/mol. The fraction of sp³-hybridized carbons (Fsp3) is 0.615. The first-order valence-electron chi connectivity index (χ1n) is 6.43. The summed E-state index contributed by atoms with van der Waals surface area (Å²) < 4.78 is 0. The third-order valence-electron chi connectivity index (χ3n) is 3.56. The van der Waals surface area contributed by atoms with Gasteiger partial charge in [-0.05, 0) is 32.6 Å². The summed E-state index contributed by atoms with van der Waals surface area (Å²) in [6.45, 7) is 5.61. The Morgan fingerprint density at radius 1 is 1.56 bits per heavy atom. The lowest BCUT2D eigenvalue weighted by Gasteiger charge is -2.31. The van der Waals surface area contributed by atoms with Gasteiger partial charge in [-0.15, -0.1) is 0 Å². The number of carbonyl (C=O) groups is 1. The molecule has 1 aliphatic carbocycles. The number of nitrogens with zero attached hydrogens (tertiary/aromatic N) is 3. The highest BCUT2D eigenvalue weighted by Gasteiger charge is 2.22. The first-order valence-corrected chi connectivity index (χ1v) is 6.43. The van der Waals surface area contributed by atoms with Gasteiger partial charge in [0.2, 0.25) is 5.95 Å². The quantitative estimate of drug-likeness (QED) is 0.865. The van der Waals surface area contributed by atoms with Crippen molar-refractivity contribution in [2.45, 2.75) is 33.1 Å². The fourth-order valence-corrected chi connectivity index (χ4v) is 2.16. The van der Waals surface area contributed by atoms with Gasteiger partial charge >= 0.3 is 5.97 Å². The second-order valence-corrected chi connectivity index (χ2v) is 4.81. The van der Waals surface area contributed by atoms with Crippen LogP contribution in [0.5, 0.6) is 0 Å². The molecule has 0 amide bonds. The van der Waals surface area contributed by atoms with Crippen molar-refractivity contribution in [1.82, 2.24) is 9.97 Å². The smallest absolute Gasteiger partial charge is 0.339 e. The summed E-state index contributed by atoms with van der Waals surface area (Å²) in [5.41, 5.74) is 0.706. The molecule has 2 rings (SSSR count). The summed E-state index contributed by atoms with van der Waals surface area (Å²) >= 11 is 0. The summed E-state index contributed by atoms with van der Waals surface area (Å²) in [6, 6.07) is 0. The van der Waals surface area contributed by atoms with Gasteiger partial charge in [-0.1, -0.05) is 6.42 Å². The number of hydrogen-bond acceptors (Lipinski definition) is 4. The van der Waals surface area contributed by atoms with Gasteiger partial charge in [0.05, 0.1) is 11.3 Å². The minimum absolute atomic E-state index is 0.179. The third-order valence-corrected chi connectivity index (χ3v) is 3.56. The molecule has 1 aromatic heterocycles. The van der Waals surface area contributed by atoms with Gasteiger partial charge < -0.3 is 10.0 Å². The van der Waals surface area contributed by atoms with Gasteiger partial charge in [-0.25, -0.2) is 14.8 Å². The van der Waals surface area contributed by atoms with Crippen LogP contribution >= 0.6 is 0 Å². The number of anilines is 1. The molecule has 0 spiro atoms. The molecule has 1 N–H and O–H groups in total. The Bertz CT molecular complexity index is 444. The number of carboxylic acid groups (broad SMARTS) is 1. The monoisotopic (exact) mass is 249 g/mol. The van der Waals surface area contributed by atoms with Crippen molar-refractivity contribution in [1.29, 1.82) is 0 Å². The average Bonchev–Trinajstić information content (AvgIpc) is 2.27. The minimum atomic E-state index is -0.971. The van der Waals surface area contributed by atoms with E-state index < -0.39 is 5.97 Å². The van der Waals surface area contributed by atoms with Crippen LogP contribution in [0.2, 0.25) is 0 Å². The van der Waals surface area contributed by atoms with Crippen LogP contribution in [0, 0.1) is 12.8 Å². The van der Waals surface area contributed by atoms with Crippen molar-refractivity contribution in [2.24, 2.45) is 5.92 Å². The molecular weight excluding hydrogens is 230 g/mol. The molecule has 18 heavy (non-hydrogen) atoms. The van der Waals surface area contributed by atoms with Crippen molar-refractivity contribution in [3.8, 4) is 0 Å². The fourth-order valence-electron chi connectivity index (χ4n) is 2.16. The summed E-state index contributed by atoms with van der Waals surface area (Å²) in [4.78, 5) is 21.5. The second kappa shape index (κ2) is 5.33. The van der Waals surface area contributed by atoms with E-state index in [0.717, 1.165) is 19.0 Å². The molecule has 0 aliphatic heterocycles. The minimum Gasteiger partial charge on any atom is -0.478 e. The van der Waals surface area contributed by atoms with E-state index in [4.69, 9.17) is 5.11 Å². The lowest BCUT2D eigenvalue weighted by molar-refractivity contribution is 0.0695. The lowest BCUT2D eigenvalue weighted by atomic mass is 9.85.